The highest BCUT2D eigenvalue weighted by atomic mass is 16.5. The lowest BCUT2D eigenvalue weighted by Gasteiger charge is -2.15. The molecule has 0 aliphatic heterocycles. The first-order chi connectivity index (χ1) is 8.95. The van der Waals surface area contributed by atoms with Crippen molar-refractivity contribution in [1.82, 2.24) is 0 Å². The Morgan fingerprint density at radius 2 is 2.05 bits per heavy atom. The lowest BCUT2D eigenvalue weighted by atomic mass is 10.0. The fourth-order valence-corrected chi connectivity index (χ4v) is 1.76. The van der Waals surface area contributed by atoms with E-state index in [-0.39, 0.29) is 5.92 Å². The molecule has 0 saturated heterocycles. The zero-order valence-electron chi connectivity index (χ0n) is 12.1. The second kappa shape index (κ2) is 7.02. The van der Waals surface area contributed by atoms with Crippen LogP contribution in [-0.2, 0) is 4.79 Å². The van der Waals surface area contributed by atoms with Crippen LogP contribution in [0.2, 0.25) is 0 Å². The maximum absolute atomic E-state index is 10.7. The molecule has 0 fully saturated rings. The summed E-state index contributed by atoms with van der Waals surface area (Å²) in [5.41, 5.74) is 2.13. The van der Waals surface area contributed by atoms with Crippen molar-refractivity contribution in [2.45, 2.75) is 33.1 Å². The molecule has 0 heterocycles. The van der Waals surface area contributed by atoms with Crippen molar-refractivity contribution in [3.8, 4) is 5.75 Å². The van der Waals surface area contributed by atoms with Crippen LogP contribution in [0.25, 0.3) is 0 Å². The summed E-state index contributed by atoms with van der Waals surface area (Å²) in [7, 11) is 1.64. The quantitative estimate of drug-likeness (QED) is 0.794. The van der Waals surface area contributed by atoms with Crippen LogP contribution in [-0.4, -0.2) is 24.7 Å². The molecule has 1 unspecified atom stereocenters. The van der Waals surface area contributed by atoms with Crippen LogP contribution in [0.4, 0.5) is 5.69 Å². The molecule has 4 heteroatoms. The maximum Gasteiger partial charge on any atom is 0.306 e. The highest BCUT2D eigenvalue weighted by Gasteiger charge is 2.11. The molecule has 0 radical (unpaired) electrons. The predicted molar refractivity (Wildman–Crippen MR) is 77.0 cm³/mol. The fourth-order valence-electron chi connectivity index (χ4n) is 1.76. The molecule has 0 amide bonds. The minimum absolute atomic E-state index is 0.339. The molecular weight excluding hydrogens is 242 g/mol. The minimum Gasteiger partial charge on any atom is -0.495 e. The Morgan fingerprint density at radius 1 is 1.37 bits per heavy atom. The molecule has 0 saturated carbocycles. The number of carboxylic acids is 1. The van der Waals surface area contributed by atoms with Gasteiger partial charge < -0.3 is 15.2 Å². The molecule has 1 aromatic rings. The molecule has 2 N–H and O–H groups in total. The number of aliphatic carboxylic acids is 1. The van der Waals surface area contributed by atoms with Crippen molar-refractivity contribution in [1.29, 1.82) is 0 Å². The molecule has 1 atom stereocenters. The fraction of sp³-hybridized carbons (Fsp3) is 0.533. The SMILES string of the molecule is COc1cc(C(C)C)ccc1NCCC(C)C(=O)O. The van der Waals surface area contributed by atoms with Gasteiger partial charge in [-0.1, -0.05) is 26.8 Å². The average Bonchev–Trinajstić information content (AvgIpc) is 2.38. The summed E-state index contributed by atoms with van der Waals surface area (Å²) in [4.78, 5) is 10.7. The number of ether oxygens (including phenoxy) is 1. The van der Waals surface area contributed by atoms with Gasteiger partial charge in [0.15, 0.2) is 0 Å². The molecule has 0 spiro atoms. The molecule has 4 nitrogen and oxygen atoms in total. The lowest BCUT2D eigenvalue weighted by molar-refractivity contribution is -0.141. The van der Waals surface area contributed by atoms with Crippen molar-refractivity contribution in [3.63, 3.8) is 0 Å². The van der Waals surface area contributed by atoms with E-state index < -0.39 is 5.97 Å². The van der Waals surface area contributed by atoms with Crippen molar-refractivity contribution in [2.75, 3.05) is 19.0 Å². The summed E-state index contributed by atoms with van der Waals surface area (Å²) >= 11 is 0. The van der Waals surface area contributed by atoms with E-state index in [9.17, 15) is 4.79 Å². The number of rotatable bonds is 7. The summed E-state index contributed by atoms with van der Waals surface area (Å²) < 4.78 is 5.36. The normalized spacial score (nSPS) is 12.3. The van der Waals surface area contributed by atoms with Gasteiger partial charge in [0.25, 0.3) is 0 Å². The molecule has 0 aliphatic rings. The molecular formula is C15H23NO3. The third kappa shape index (κ3) is 4.47. The first-order valence-corrected chi connectivity index (χ1v) is 6.60. The number of benzene rings is 1. The Bertz CT molecular complexity index is 429. The van der Waals surface area contributed by atoms with E-state index in [1.165, 1.54) is 5.56 Å². The van der Waals surface area contributed by atoms with Gasteiger partial charge in [-0.15, -0.1) is 0 Å². The minimum atomic E-state index is -0.760. The summed E-state index contributed by atoms with van der Waals surface area (Å²) in [6, 6.07) is 6.07. The van der Waals surface area contributed by atoms with Gasteiger partial charge in [-0.05, 0) is 30.0 Å². The van der Waals surface area contributed by atoms with Crippen LogP contribution in [0.3, 0.4) is 0 Å². The molecule has 19 heavy (non-hydrogen) atoms. The van der Waals surface area contributed by atoms with Crippen molar-refractivity contribution in [3.05, 3.63) is 23.8 Å². The average molecular weight is 265 g/mol. The predicted octanol–water partition coefficient (Wildman–Crippen LogP) is 3.34. The molecule has 1 aromatic carbocycles. The number of nitrogens with one attached hydrogen (secondary N) is 1. The van der Waals surface area contributed by atoms with E-state index in [0.717, 1.165) is 11.4 Å². The van der Waals surface area contributed by atoms with Crippen LogP contribution in [0.1, 0.15) is 38.7 Å². The first-order valence-electron chi connectivity index (χ1n) is 6.60. The molecule has 0 bridgehead atoms. The Morgan fingerprint density at radius 3 is 2.58 bits per heavy atom. The Balaban J connectivity index is 2.65. The third-order valence-electron chi connectivity index (χ3n) is 3.21. The highest BCUT2D eigenvalue weighted by Crippen LogP contribution is 2.28. The highest BCUT2D eigenvalue weighted by molar-refractivity contribution is 5.69. The maximum atomic E-state index is 10.7. The van der Waals surface area contributed by atoms with E-state index in [0.29, 0.717) is 18.9 Å². The number of hydrogen-bond acceptors (Lipinski definition) is 3. The van der Waals surface area contributed by atoms with Gasteiger partial charge in [-0.3, -0.25) is 4.79 Å². The van der Waals surface area contributed by atoms with Crippen molar-refractivity contribution < 1.29 is 14.6 Å². The number of anilines is 1. The van der Waals surface area contributed by atoms with Gasteiger partial charge in [0.05, 0.1) is 18.7 Å². The van der Waals surface area contributed by atoms with E-state index in [2.05, 4.69) is 25.2 Å². The summed E-state index contributed by atoms with van der Waals surface area (Å²) in [6.45, 7) is 6.60. The van der Waals surface area contributed by atoms with E-state index in [1.54, 1.807) is 14.0 Å². The van der Waals surface area contributed by atoms with Gasteiger partial charge in [-0.25, -0.2) is 0 Å². The Hall–Kier alpha value is -1.71. The van der Waals surface area contributed by atoms with Gasteiger partial charge in [0.1, 0.15) is 5.75 Å². The van der Waals surface area contributed by atoms with Crippen LogP contribution in [0, 0.1) is 5.92 Å². The van der Waals surface area contributed by atoms with Crippen LogP contribution in [0.15, 0.2) is 18.2 Å². The summed E-state index contributed by atoms with van der Waals surface area (Å²) in [5, 5.41) is 12.1. The number of carbonyl (C=O) groups is 1. The van der Waals surface area contributed by atoms with Crippen molar-refractivity contribution in [2.24, 2.45) is 5.92 Å². The molecule has 106 valence electrons. The molecule has 1 rings (SSSR count). The third-order valence-corrected chi connectivity index (χ3v) is 3.21. The van der Waals surface area contributed by atoms with Gasteiger partial charge in [-0.2, -0.15) is 0 Å². The Kier molecular flexibility index (Phi) is 5.67. The zero-order valence-corrected chi connectivity index (χ0v) is 12.1. The number of methoxy groups -OCH3 is 1. The van der Waals surface area contributed by atoms with Gasteiger partial charge in [0, 0.05) is 6.54 Å². The van der Waals surface area contributed by atoms with Crippen LogP contribution in [0.5, 0.6) is 5.75 Å². The van der Waals surface area contributed by atoms with Crippen molar-refractivity contribution >= 4 is 11.7 Å². The lowest BCUT2D eigenvalue weighted by Crippen LogP contribution is -2.14. The smallest absolute Gasteiger partial charge is 0.306 e. The van der Waals surface area contributed by atoms with E-state index >= 15 is 0 Å². The largest absolute Gasteiger partial charge is 0.495 e. The van der Waals surface area contributed by atoms with E-state index in [4.69, 9.17) is 9.84 Å². The van der Waals surface area contributed by atoms with Crippen LogP contribution >= 0.6 is 0 Å². The second-order valence-corrected chi connectivity index (χ2v) is 5.07. The summed E-state index contributed by atoms with van der Waals surface area (Å²) in [6.07, 6.45) is 0.588. The Labute approximate surface area is 114 Å². The van der Waals surface area contributed by atoms with Gasteiger partial charge in [0.2, 0.25) is 0 Å². The zero-order chi connectivity index (χ0) is 14.4. The van der Waals surface area contributed by atoms with E-state index in [1.807, 2.05) is 12.1 Å². The second-order valence-electron chi connectivity index (χ2n) is 5.07. The number of hydrogen-bond donors (Lipinski definition) is 2. The van der Waals surface area contributed by atoms with Gasteiger partial charge >= 0.3 is 5.97 Å². The monoisotopic (exact) mass is 265 g/mol. The molecule has 0 aliphatic carbocycles. The topological polar surface area (TPSA) is 58.6 Å². The van der Waals surface area contributed by atoms with Crippen LogP contribution < -0.4 is 10.1 Å². The first kappa shape index (κ1) is 15.3. The standard InChI is InChI=1S/C15H23NO3/c1-10(2)12-5-6-13(14(9-12)19-4)16-8-7-11(3)15(17)18/h5-6,9-11,16H,7-8H2,1-4H3,(H,17,18). The number of carboxylic acid groups (broad SMARTS) is 1. The summed E-state index contributed by atoms with van der Waals surface area (Å²) in [5.74, 6) is 0.154. The molecule has 0 aromatic heterocycles.